The third kappa shape index (κ3) is 2.04. The van der Waals surface area contributed by atoms with Gasteiger partial charge in [0.05, 0.1) is 19.7 Å². The predicted molar refractivity (Wildman–Crippen MR) is 78.2 cm³/mol. The average molecular weight is 271 g/mol. The lowest BCUT2D eigenvalue weighted by Crippen LogP contribution is -1.92. The monoisotopic (exact) mass is 271 g/mol. The van der Waals surface area contributed by atoms with Crippen molar-refractivity contribution in [2.75, 3.05) is 14.2 Å². The first kappa shape index (κ1) is 12.0. The first-order valence-corrected chi connectivity index (χ1v) is 6.81. The molecule has 0 saturated heterocycles. The molecule has 0 radical (unpaired) electrons. The smallest absolute Gasteiger partial charge is 0.162 e. The molecule has 2 heterocycles. The van der Waals surface area contributed by atoms with E-state index in [0.717, 1.165) is 22.2 Å². The van der Waals surface area contributed by atoms with Crippen molar-refractivity contribution in [3.8, 4) is 22.6 Å². The maximum Gasteiger partial charge on any atom is 0.162 e. The molecule has 0 amide bonds. The first-order chi connectivity index (χ1) is 9.33. The summed E-state index contributed by atoms with van der Waals surface area (Å²) in [6, 6.07) is 8.02. The fraction of sp³-hybridized carbons (Fsp3) is 0.133. The molecule has 1 aromatic carbocycles. The molecule has 3 rings (SSSR count). The SMILES string of the molecule is COc1cc2nccc(-c3ccsc3)c2cc1OC. The van der Waals surface area contributed by atoms with E-state index in [4.69, 9.17) is 9.47 Å². The lowest BCUT2D eigenvalue weighted by atomic mass is 10.0. The molecule has 3 nitrogen and oxygen atoms in total. The predicted octanol–water partition coefficient (Wildman–Crippen LogP) is 3.98. The molecular weight excluding hydrogens is 258 g/mol. The van der Waals surface area contributed by atoms with Crippen LogP contribution in [0, 0.1) is 0 Å². The summed E-state index contributed by atoms with van der Waals surface area (Å²) >= 11 is 1.68. The minimum absolute atomic E-state index is 0.699. The molecule has 0 atom stereocenters. The van der Waals surface area contributed by atoms with E-state index in [1.165, 1.54) is 5.56 Å². The molecule has 0 unspecified atom stereocenters. The third-order valence-electron chi connectivity index (χ3n) is 3.08. The molecule has 0 aliphatic rings. The number of hydrogen-bond acceptors (Lipinski definition) is 4. The second-order valence-electron chi connectivity index (χ2n) is 4.09. The number of hydrogen-bond donors (Lipinski definition) is 0. The number of rotatable bonds is 3. The molecule has 2 aromatic heterocycles. The Morgan fingerprint density at radius 2 is 1.84 bits per heavy atom. The van der Waals surface area contributed by atoms with E-state index in [-0.39, 0.29) is 0 Å². The van der Waals surface area contributed by atoms with Crippen molar-refractivity contribution < 1.29 is 9.47 Å². The van der Waals surface area contributed by atoms with E-state index in [1.54, 1.807) is 25.6 Å². The van der Waals surface area contributed by atoms with Gasteiger partial charge < -0.3 is 9.47 Å². The Bertz CT molecular complexity index is 707. The number of thiophene rings is 1. The van der Waals surface area contributed by atoms with Crippen LogP contribution in [-0.2, 0) is 0 Å². The van der Waals surface area contributed by atoms with Crippen LogP contribution in [0.25, 0.3) is 22.0 Å². The van der Waals surface area contributed by atoms with E-state index >= 15 is 0 Å². The van der Waals surface area contributed by atoms with E-state index in [1.807, 2.05) is 24.4 Å². The lowest BCUT2D eigenvalue weighted by Gasteiger charge is -2.10. The van der Waals surface area contributed by atoms with Crippen LogP contribution in [-0.4, -0.2) is 19.2 Å². The first-order valence-electron chi connectivity index (χ1n) is 5.87. The molecule has 0 N–H and O–H groups in total. The summed E-state index contributed by atoms with van der Waals surface area (Å²) in [6.07, 6.45) is 1.82. The van der Waals surface area contributed by atoms with Gasteiger partial charge in [0, 0.05) is 17.6 Å². The molecule has 19 heavy (non-hydrogen) atoms. The second-order valence-corrected chi connectivity index (χ2v) is 4.87. The highest BCUT2D eigenvalue weighted by Crippen LogP contribution is 2.36. The van der Waals surface area contributed by atoms with Gasteiger partial charge >= 0.3 is 0 Å². The van der Waals surface area contributed by atoms with Gasteiger partial charge in [-0.25, -0.2) is 0 Å². The Kier molecular flexibility index (Phi) is 3.09. The van der Waals surface area contributed by atoms with E-state index in [9.17, 15) is 0 Å². The minimum Gasteiger partial charge on any atom is -0.493 e. The highest BCUT2D eigenvalue weighted by atomic mass is 32.1. The van der Waals surface area contributed by atoms with E-state index < -0.39 is 0 Å². The van der Waals surface area contributed by atoms with Crippen molar-refractivity contribution in [2.24, 2.45) is 0 Å². The average Bonchev–Trinajstić information content (AvgIpc) is 2.99. The molecule has 0 spiro atoms. The van der Waals surface area contributed by atoms with Crippen molar-refractivity contribution in [3.05, 3.63) is 41.2 Å². The number of pyridine rings is 1. The fourth-order valence-corrected chi connectivity index (χ4v) is 2.80. The van der Waals surface area contributed by atoms with Crippen LogP contribution in [0.3, 0.4) is 0 Å². The summed E-state index contributed by atoms with van der Waals surface area (Å²) in [5.74, 6) is 1.42. The summed E-state index contributed by atoms with van der Waals surface area (Å²) in [5.41, 5.74) is 3.26. The summed E-state index contributed by atoms with van der Waals surface area (Å²) in [4.78, 5) is 4.40. The number of methoxy groups -OCH3 is 2. The van der Waals surface area contributed by atoms with Crippen LogP contribution in [0.15, 0.2) is 41.2 Å². The van der Waals surface area contributed by atoms with Crippen LogP contribution in [0.5, 0.6) is 11.5 Å². The molecule has 0 saturated carbocycles. The summed E-state index contributed by atoms with van der Waals surface area (Å²) in [6.45, 7) is 0. The molecule has 0 fully saturated rings. The molecule has 0 bridgehead atoms. The van der Waals surface area contributed by atoms with Crippen molar-refractivity contribution in [2.45, 2.75) is 0 Å². The van der Waals surface area contributed by atoms with Crippen molar-refractivity contribution in [3.63, 3.8) is 0 Å². The van der Waals surface area contributed by atoms with Crippen molar-refractivity contribution >= 4 is 22.2 Å². The van der Waals surface area contributed by atoms with Gasteiger partial charge in [-0.15, -0.1) is 0 Å². The fourth-order valence-electron chi connectivity index (χ4n) is 2.14. The van der Waals surface area contributed by atoms with Gasteiger partial charge in [0.1, 0.15) is 0 Å². The number of nitrogens with zero attached hydrogens (tertiary/aromatic N) is 1. The molecule has 0 aliphatic carbocycles. The summed E-state index contributed by atoms with van der Waals surface area (Å²) in [5, 5.41) is 5.27. The summed E-state index contributed by atoms with van der Waals surface area (Å²) in [7, 11) is 3.27. The van der Waals surface area contributed by atoms with Crippen LogP contribution in [0.2, 0.25) is 0 Å². The number of fused-ring (bicyclic) bond motifs is 1. The highest BCUT2D eigenvalue weighted by Gasteiger charge is 2.10. The second kappa shape index (κ2) is 4.90. The lowest BCUT2D eigenvalue weighted by molar-refractivity contribution is 0.356. The molecule has 0 aliphatic heterocycles. The van der Waals surface area contributed by atoms with Gasteiger partial charge in [0.2, 0.25) is 0 Å². The van der Waals surface area contributed by atoms with Crippen LogP contribution in [0.1, 0.15) is 0 Å². The Morgan fingerprint density at radius 1 is 1.05 bits per heavy atom. The zero-order chi connectivity index (χ0) is 13.2. The molecule has 3 aromatic rings. The zero-order valence-electron chi connectivity index (χ0n) is 10.7. The Hall–Kier alpha value is -2.07. The van der Waals surface area contributed by atoms with Gasteiger partial charge in [-0.05, 0) is 40.1 Å². The zero-order valence-corrected chi connectivity index (χ0v) is 11.5. The number of aromatic nitrogens is 1. The minimum atomic E-state index is 0.699. The van der Waals surface area contributed by atoms with Gasteiger partial charge in [-0.2, -0.15) is 11.3 Å². The Balaban J connectivity index is 2.30. The van der Waals surface area contributed by atoms with Crippen LogP contribution >= 0.6 is 11.3 Å². The number of benzene rings is 1. The van der Waals surface area contributed by atoms with E-state index in [2.05, 4.69) is 21.8 Å². The van der Waals surface area contributed by atoms with Crippen LogP contribution in [0.4, 0.5) is 0 Å². The van der Waals surface area contributed by atoms with Gasteiger partial charge in [-0.1, -0.05) is 0 Å². The quantitative estimate of drug-likeness (QED) is 0.722. The normalized spacial score (nSPS) is 10.6. The van der Waals surface area contributed by atoms with Crippen molar-refractivity contribution in [1.82, 2.24) is 4.98 Å². The molecule has 4 heteroatoms. The summed E-state index contributed by atoms with van der Waals surface area (Å²) < 4.78 is 10.7. The molecular formula is C15H13NO2S. The highest BCUT2D eigenvalue weighted by molar-refractivity contribution is 7.08. The van der Waals surface area contributed by atoms with Gasteiger partial charge in [0.15, 0.2) is 11.5 Å². The maximum absolute atomic E-state index is 5.37. The Labute approximate surface area is 115 Å². The maximum atomic E-state index is 5.37. The third-order valence-corrected chi connectivity index (χ3v) is 3.76. The van der Waals surface area contributed by atoms with Crippen LogP contribution < -0.4 is 9.47 Å². The largest absolute Gasteiger partial charge is 0.493 e. The standard InChI is InChI=1S/C15H13NO2S/c1-17-14-7-12-11(10-4-6-19-9-10)3-5-16-13(12)8-15(14)18-2/h3-9H,1-2H3. The molecule has 96 valence electrons. The van der Waals surface area contributed by atoms with Gasteiger partial charge in [0.25, 0.3) is 0 Å². The Morgan fingerprint density at radius 3 is 2.53 bits per heavy atom. The van der Waals surface area contributed by atoms with Gasteiger partial charge in [-0.3, -0.25) is 4.98 Å². The van der Waals surface area contributed by atoms with E-state index in [0.29, 0.717) is 5.75 Å². The van der Waals surface area contributed by atoms with Crippen molar-refractivity contribution in [1.29, 1.82) is 0 Å². The number of ether oxygens (including phenoxy) is 2. The topological polar surface area (TPSA) is 31.4 Å².